The van der Waals surface area contributed by atoms with E-state index in [0.717, 1.165) is 10.8 Å². The van der Waals surface area contributed by atoms with Crippen molar-refractivity contribution in [2.75, 3.05) is 18.0 Å². The van der Waals surface area contributed by atoms with E-state index in [0.29, 0.717) is 31.6 Å². The van der Waals surface area contributed by atoms with Crippen LogP contribution in [0.1, 0.15) is 19.3 Å². The summed E-state index contributed by atoms with van der Waals surface area (Å²) >= 11 is 0. The van der Waals surface area contributed by atoms with Crippen LogP contribution in [0.4, 0.5) is 5.69 Å². The molecule has 2 heterocycles. The third-order valence-electron chi connectivity index (χ3n) is 5.50. The molecule has 134 valence electrons. The molecule has 4 rings (SSSR count). The van der Waals surface area contributed by atoms with Gasteiger partial charge in [-0.05, 0) is 37.4 Å². The molecule has 2 aliphatic rings. The number of nitrogens with two attached hydrogens (primary N) is 1. The lowest BCUT2D eigenvalue weighted by molar-refractivity contribution is -0.124. The van der Waals surface area contributed by atoms with E-state index < -0.39 is 6.04 Å². The highest BCUT2D eigenvalue weighted by atomic mass is 16.2. The predicted molar refractivity (Wildman–Crippen MR) is 98.3 cm³/mol. The van der Waals surface area contributed by atoms with E-state index >= 15 is 0 Å². The molecule has 6 nitrogen and oxygen atoms in total. The summed E-state index contributed by atoms with van der Waals surface area (Å²) < 4.78 is 0. The molecular weight excluding hydrogens is 330 g/mol. The zero-order valence-corrected chi connectivity index (χ0v) is 14.4. The summed E-state index contributed by atoms with van der Waals surface area (Å²) in [6, 6.07) is 12.9. The summed E-state index contributed by atoms with van der Waals surface area (Å²) in [6.45, 7) is 1.22. The van der Waals surface area contributed by atoms with Gasteiger partial charge in [-0.3, -0.25) is 19.3 Å². The lowest BCUT2D eigenvalue weighted by Crippen LogP contribution is -2.47. The number of piperidine rings is 1. The Labute approximate surface area is 151 Å². The number of likely N-dealkylation sites (tertiary alicyclic amines) is 1. The first-order chi connectivity index (χ1) is 12.6. The maximum absolute atomic E-state index is 13.0. The normalized spacial score (nSPS) is 22.3. The number of primary amides is 1. The van der Waals surface area contributed by atoms with Crippen molar-refractivity contribution >= 4 is 34.2 Å². The molecule has 0 radical (unpaired) electrons. The Bertz CT molecular complexity index is 882. The van der Waals surface area contributed by atoms with Crippen molar-refractivity contribution in [1.82, 2.24) is 4.90 Å². The maximum Gasteiger partial charge on any atom is 0.251 e. The molecule has 0 spiro atoms. The Morgan fingerprint density at radius 3 is 2.42 bits per heavy atom. The van der Waals surface area contributed by atoms with Gasteiger partial charge in [-0.15, -0.1) is 0 Å². The number of carbonyl (C=O) groups is 3. The smallest absolute Gasteiger partial charge is 0.251 e. The summed E-state index contributed by atoms with van der Waals surface area (Å²) in [5.74, 6) is -0.763. The van der Waals surface area contributed by atoms with E-state index in [9.17, 15) is 14.4 Å². The molecule has 0 bridgehead atoms. The van der Waals surface area contributed by atoms with Crippen LogP contribution in [0.2, 0.25) is 0 Å². The molecule has 0 saturated carbocycles. The number of amides is 3. The lowest BCUT2D eigenvalue weighted by atomic mass is 9.95. The van der Waals surface area contributed by atoms with Gasteiger partial charge >= 0.3 is 0 Å². The highest BCUT2D eigenvalue weighted by Crippen LogP contribution is 2.33. The zero-order chi connectivity index (χ0) is 18.3. The van der Waals surface area contributed by atoms with Gasteiger partial charge in [0.1, 0.15) is 0 Å². The van der Waals surface area contributed by atoms with E-state index in [2.05, 4.69) is 0 Å². The Balaban J connectivity index is 1.59. The van der Waals surface area contributed by atoms with E-state index in [4.69, 9.17) is 5.73 Å². The quantitative estimate of drug-likeness (QED) is 0.853. The van der Waals surface area contributed by atoms with Crippen LogP contribution in [0.25, 0.3) is 10.8 Å². The molecule has 2 fully saturated rings. The van der Waals surface area contributed by atoms with Crippen LogP contribution < -0.4 is 10.6 Å². The summed E-state index contributed by atoms with van der Waals surface area (Å²) in [5, 5.41) is 1.89. The third-order valence-corrected chi connectivity index (χ3v) is 5.50. The van der Waals surface area contributed by atoms with Gasteiger partial charge in [-0.25, -0.2) is 4.90 Å². The summed E-state index contributed by atoms with van der Waals surface area (Å²) in [7, 11) is 0. The van der Waals surface area contributed by atoms with Crippen molar-refractivity contribution < 1.29 is 14.4 Å². The van der Waals surface area contributed by atoms with Gasteiger partial charge in [-0.2, -0.15) is 0 Å². The Kier molecular flexibility index (Phi) is 4.20. The molecule has 0 unspecified atom stereocenters. The lowest BCUT2D eigenvalue weighted by Gasteiger charge is -2.33. The molecule has 0 aliphatic carbocycles. The van der Waals surface area contributed by atoms with Gasteiger partial charge in [0.25, 0.3) is 5.91 Å². The van der Waals surface area contributed by atoms with Gasteiger partial charge in [0.2, 0.25) is 11.8 Å². The summed E-state index contributed by atoms with van der Waals surface area (Å²) in [6.07, 6.45) is 1.46. The minimum absolute atomic E-state index is 0.132. The van der Waals surface area contributed by atoms with Crippen molar-refractivity contribution in [1.29, 1.82) is 0 Å². The molecular formula is C20H21N3O3. The van der Waals surface area contributed by atoms with Crippen LogP contribution in [0.3, 0.4) is 0 Å². The van der Waals surface area contributed by atoms with Gasteiger partial charge in [0, 0.05) is 11.3 Å². The van der Waals surface area contributed by atoms with Crippen molar-refractivity contribution in [2.24, 2.45) is 11.7 Å². The molecule has 6 heteroatoms. The van der Waals surface area contributed by atoms with E-state index in [-0.39, 0.29) is 30.1 Å². The summed E-state index contributed by atoms with van der Waals surface area (Å²) in [4.78, 5) is 40.4. The van der Waals surface area contributed by atoms with Crippen LogP contribution in [0.15, 0.2) is 42.5 Å². The minimum Gasteiger partial charge on any atom is -0.369 e. The molecule has 2 aliphatic heterocycles. The van der Waals surface area contributed by atoms with Crippen LogP contribution in [0, 0.1) is 5.92 Å². The monoisotopic (exact) mass is 351 g/mol. The van der Waals surface area contributed by atoms with Gasteiger partial charge in [0.15, 0.2) is 0 Å². The number of hydrogen-bond acceptors (Lipinski definition) is 4. The first kappa shape index (κ1) is 16.7. The maximum atomic E-state index is 13.0. The highest BCUT2D eigenvalue weighted by Gasteiger charge is 2.44. The molecule has 0 aromatic heterocycles. The predicted octanol–water partition coefficient (Wildman–Crippen LogP) is 1.67. The van der Waals surface area contributed by atoms with E-state index in [1.165, 1.54) is 4.90 Å². The van der Waals surface area contributed by atoms with E-state index in [1.807, 2.05) is 47.4 Å². The first-order valence-corrected chi connectivity index (χ1v) is 8.94. The zero-order valence-electron chi connectivity index (χ0n) is 14.4. The standard InChI is InChI=1S/C20H21N3O3/c21-19(25)14-8-10-22(11-9-14)17-12-18(24)23(20(17)26)16-7-3-5-13-4-1-2-6-15(13)16/h1-7,14,17H,8-12H2,(H2,21,25)/t17-/m0/s1. The van der Waals surface area contributed by atoms with E-state index in [1.54, 1.807) is 0 Å². The molecule has 2 saturated heterocycles. The number of fused-ring (bicyclic) bond motifs is 1. The average molecular weight is 351 g/mol. The first-order valence-electron chi connectivity index (χ1n) is 8.94. The van der Waals surface area contributed by atoms with Crippen molar-refractivity contribution in [3.05, 3.63) is 42.5 Å². The Morgan fingerprint density at radius 1 is 1.00 bits per heavy atom. The number of benzene rings is 2. The second-order valence-corrected chi connectivity index (χ2v) is 7.00. The second-order valence-electron chi connectivity index (χ2n) is 7.00. The van der Waals surface area contributed by atoms with Gasteiger partial charge < -0.3 is 5.73 Å². The number of rotatable bonds is 3. The molecule has 1 atom stereocenters. The average Bonchev–Trinajstić information content (AvgIpc) is 2.95. The largest absolute Gasteiger partial charge is 0.369 e. The topological polar surface area (TPSA) is 83.7 Å². The van der Waals surface area contributed by atoms with Crippen molar-refractivity contribution in [2.45, 2.75) is 25.3 Å². The number of anilines is 1. The van der Waals surface area contributed by atoms with Crippen molar-refractivity contribution in [3.63, 3.8) is 0 Å². The molecule has 2 aromatic carbocycles. The second kappa shape index (κ2) is 6.53. The minimum atomic E-state index is -0.449. The highest BCUT2D eigenvalue weighted by molar-refractivity contribution is 6.25. The Hall–Kier alpha value is -2.73. The van der Waals surface area contributed by atoms with Gasteiger partial charge in [-0.1, -0.05) is 36.4 Å². The van der Waals surface area contributed by atoms with Crippen LogP contribution >= 0.6 is 0 Å². The Morgan fingerprint density at radius 2 is 1.69 bits per heavy atom. The van der Waals surface area contributed by atoms with Crippen LogP contribution in [0.5, 0.6) is 0 Å². The fraction of sp³-hybridized carbons (Fsp3) is 0.350. The fourth-order valence-electron chi connectivity index (χ4n) is 4.05. The molecule has 2 N–H and O–H groups in total. The van der Waals surface area contributed by atoms with Crippen molar-refractivity contribution in [3.8, 4) is 0 Å². The number of imide groups is 1. The number of hydrogen-bond donors (Lipinski definition) is 1. The molecule has 3 amide bonds. The molecule has 26 heavy (non-hydrogen) atoms. The van der Waals surface area contributed by atoms with Crippen LogP contribution in [-0.2, 0) is 14.4 Å². The fourth-order valence-corrected chi connectivity index (χ4v) is 4.05. The third kappa shape index (κ3) is 2.76. The summed E-state index contributed by atoms with van der Waals surface area (Å²) in [5.41, 5.74) is 6.03. The van der Waals surface area contributed by atoms with Crippen LogP contribution in [-0.4, -0.2) is 41.8 Å². The number of carbonyl (C=O) groups excluding carboxylic acids is 3. The van der Waals surface area contributed by atoms with Gasteiger partial charge in [0.05, 0.1) is 18.2 Å². The number of nitrogens with zero attached hydrogens (tertiary/aromatic N) is 2. The molecule has 2 aromatic rings. The SMILES string of the molecule is NC(=O)C1CCN([C@H]2CC(=O)N(c3cccc4ccccc34)C2=O)CC1.